The van der Waals surface area contributed by atoms with E-state index in [-0.39, 0.29) is 13.0 Å². The average Bonchev–Trinajstić information content (AvgIpc) is 2.08. The lowest BCUT2D eigenvalue weighted by atomic mass is 9.81. The Morgan fingerprint density at radius 1 is 0.917 bits per heavy atom. The normalized spacial score (nSPS) is 49.2. The summed E-state index contributed by atoms with van der Waals surface area (Å²) in [6, 6.07) is 0. The topological polar surface area (TPSA) is 101 Å². The van der Waals surface area contributed by atoms with Gasteiger partial charge in [0.25, 0.3) is 0 Å². The summed E-state index contributed by atoms with van der Waals surface area (Å²) in [5.74, 6) is -0.557. The van der Waals surface area contributed by atoms with Crippen LogP contribution in [0.3, 0.4) is 0 Å². The molecule has 5 N–H and O–H groups in total. The van der Waals surface area contributed by atoms with E-state index in [0.717, 1.165) is 0 Å². The van der Waals surface area contributed by atoms with E-state index in [9.17, 15) is 5.11 Å². The molecular weight excluding hydrogens is 164 g/mol. The molecule has 1 aliphatic rings. The molecule has 0 aromatic heterocycles. The van der Waals surface area contributed by atoms with Gasteiger partial charge in [0.1, 0.15) is 12.2 Å². The van der Waals surface area contributed by atoms with Crippen LogP contribution >= 0.6 is 0 Å². The molecule has 0 aromatic rings. The van der Waals surface area contributed by atoms with Crippen molar-refractivity contribution in [3.8, 4) is 0 Å². The van der Waals surface area contributed by atoms with E-state index in [1.165, 1.54) is 0 Å². The lowest BCUT2D eigenvalue weighted by Gasteiger charge is -2.37. The van der Waals surface area contributed by atoms with Gasteiger partial charge in [0.15, 0.2) is 0 Å². The molecular formula is C7H14O5. The quantitative estimate of drug-likeness (QED) is 0.304. The van der Waals surface area contributed by atoms with Crippen molar-refractivity contribution in [2.24, 2.45) is 5.92 Å². The highest BCUT2D eigenvalue weighted by Crippen LogP contribution is 2.25. The van der Waals surface area contributed by atoms with Gasteiger partial charge in [-0.25, -0.2) is 0 Å². The Morgan fingerprint density at radius 3 is 2.00 bits per heavy atom. The Hall–Kier alpha value is -0.200. The minimum atomic E-state index is -1.37. The summed E-state index contributed by atoms with van der Waals surface area (Å²) in [6.07, 6.45) is -4.81. The fourth-order valence-corrected chi connectivity index (χ4v) is 1.48. The van der Waals surface area contributed by atoms with Crippen LogP contribution in [0.4, 0.5) is 0 Å². The van der Waals surface area contributed by atoms with Crippen molar-refractivity contribution in [1.82, 2.24) is 0 Å². The fraction of sp³-hybridized carbons (Fsp3) is 1.00. The van der Waals surface area contributed by atoms with Gasteiger partial charge in [0.2, 0.25) is 0 Å². The lowest BCUT2D eigenvalue weighted by molar-refractivity contribution is -0.163. The van der Waals surface area contributed by atoms with Crippen LogP contribution in [0, 0.1) is 5.92 Å². The molecule has 5 nitrogen and oxygen atoms in total. The van der Waals surface area contributed by atoms with E-state index in [4.69, 9.17) is 20.4 Å². The number of hydrogen-bond acceptors (Lipinski definition) is 5. The van der Waals surface area contributed by atoms with Gasteiger partial charge in [-0.1, -0.05) is 0 Å². The number of hydrogen-bond donors (Lipinski definition) is 5. The summed E-state index contributed by atoms with van der Waals surface area (Å²) in [5, 5.41) is 45.3. The van der Waals surface area contributed by atoms with Crippen LogP contribution in [0.25, 0.3) is 0 Å². The van der Waals surface area contributed by atoms with E-state index in [1.807, 2.05) is 0 Å². The first-order chi connectivity index (χ1) is 5.57. The van der Waals surface area contributed by atoms with Crippen molar-refractivity contribution >= 4 is 0 Å². The summed E-state index contributed by atoms with van der Waals surface area (Å²) in [4.78, 5) is 0. The van der Waals surface area contributed by atoms with Crippen LogP contribution in [-0.2, 0) is 0 Å². The Labute approximate surface area is 69.9 Å². The molecule has 5 atom stereocenters. The average molecular weight is 178 g/mol. The van der Waals surface area contributed by atoms with Gasteiger partial charge >= 0.3 is 0 Å². The van der Waals surface area contributed by atoms with Crippen LogP contribution in [0.2, 0.25) is 0 Å². The standard InChI is InChI=1S/C7H14O5/c8-2-3-1-4(9)6(11)7(12)5(3)10/h3-12H,1-2H2/t3?,4-,5+,6?,7+/m1/s1. The minimum Gasteiger partial charge on any atom is -0.396 e. The zero-order valence-electron chi connectivity index (χ0n) is 6.54. The SMILES string of the molecule is OCC1C[C@@H](O)C(O)[C@@H](O)[C@H]1O. The monoisotopic (exact) mass is 178 g/mol. The Morgan fingerprint density at radius 2 is 1.50 bits per heavy atom. The molecule has 0 heterocycles. The zero-order valence-corrected chi connectivity index (χ0v) is 6.54. The second-order valence-corrected chi connectivity index (χ2v) is 3.22. The van der Waals surface area contributed by atoms with E-state index in [0.29, 0.717) is 0 Å². The van der Waals surface area contributed by atoms with Crippen molar-refractivity contribution in [2.45, 2.75) is 30.8 Å². The van der Waals surface area contributed by atoms with Crippen molar-refractivity contribution < 1.29 is 25.5 Å². The molecule has 0 aliphatic heterocycles. The molecule has 72 valence electrons. The van der Waals surface area contributed by atoms with E-state index < -0.39 is 30.3 Å². The third kappa shape index (κ3) is 1.60. The first-order valence-corrected chi connectivity index (χ1v) is 3.91. The Kier molecular flexibility index (Phi) is 3.03. The van der Waals surface area contributed by atoms with Crippen LogP contribution < -0.4 is 0 Å². The molecule has 1 rings (SSSR count). The molecule has 0 saturated heterocycles. The molecule has 1 fully saturated rings. The number of rotatable bonds is 1. The van der Waals surface area contributed by atoms with Gasteiger partial charge in [-0.05, 0) is 6.42 Å². The highest BCUT2D eigenvalue weighted by molar-refractivity contribution is 4.91. The first kappa shape index (κ1) is 9.88. The van der Waals surface area contributed by atoms with Crippen LogP contribution in [0.1, 0.15) is 6.42 Å². The van der Waals surface area contributed by atoms with Crippen molar-refractivity contribution in [1.29, 1.82) is 0 Å². The third-order valence-electron chi connectivity index (χ3n) is 2.36. The molecule has 0 amide bonds. The smallest absolute Gasteiger partial charge is 0.109 e. The molecule has 5 heteroatoms. The zero-order chi connectivity index (χ0) is 9.30. The van der Waals surface area contributed by atoms with Crippen LogP contribution in [0.5, 0.6) is 0 Å². The first-order valence-electron chi connectivity index (χ1n) is 3.91. The Balaban J connectivity index is 2.63. The summed E-state index contributed by atoms with van der Waals surface area (Å²) >= 11 is 0. The maximum absolute atomic E-state index is 9.24. The van der Waals surface area contributed by atoms with E-state index in [2.05, 4.69) is 0 Å². The Bertz CT molecular complexity index is 146. The lowest BCUT2D eigenvalue weighted by Crippen LogP contribution is -2.54. The molecule has 0 aromatic carbocycles. The largest absolute Gasteiger partial charge is 0.396 e. The number of aliphatic hydroxyl groups excluding tert-OH is 5. The van der Waals surface area contributed by atoms with Gasteiger partial charge in [0.05, 0.1) is 12.2 Å². The molecule has 0 radical (unpaired) electrons. The second kappa shape index (κ2) is 3.68. The van der Waals surface area contributed by atoms with E-state index >= 15 is 0 Å². The fourth-order valence-electron chi connectivity index (χ4n) is 1.48. The van der Waals surface area contributed by atoms with Crippen molar-refractivity contribution in [3.05, 3.63) is 0 Å². The molecule has 1 saturated carbocycles. The molecule has 0 bridgehead atoms. The molecule has 12 heavy (non-hydrogen) atoms. The van der Waals surface area contributed by atoms with Gasteiger partial charge in [-0.15, -0.1) is 0 Å². The van der Waals surface area contributed by atoms with Gasteiger partial charge in [-0.3, -0.25) is 0 Å². The summed E-state index contributed by atoms with van der Waals surface area (Å²) in [7, 11) is 0. The van der Waals surface area contributed by atoms with E-state index in [1.54, 1.807) is 0 Å². The third-order valence-corrected chi connectivity index (χ3v) is 2.36. The predicted molar refractivity (Wildman–Crippen MR) is 39.2 cm³/mol. The second-order valence-electron chi connectivity index (χ2n) is 3.22. The van der Waals surface area contributed by atoms with Gasteiger partial charge in [0, 0.05) is 12.5 Å². The predicted octanol–water partition coefficient (Wildman–Crippen LogP) is -2.56. The van der Waals surface area contributed by atoms with Gasteiger partial charge < -0.3 is 25.5 Å². The summed E-state index contributed by atoms with van der Waals surface area (Å²) < 4.78 is 0. The molecule has 1 aliphatic carbocycles. The molecule has 0 spiro atoms. The highest BCUT2D eigenvalue weighted by Gasteiger charge is 2.41. The summed E-state index contributed by atoms with van der Waals surface area (Å²) in [6.45, 7) is -0.304. The summed E-state index contributed by atoms with van der Waals surface area (Å²) in [5.41, 5.74) is 0. The maximum Gasteiger partial charge on any atom is 0.109 e. The van der Waals surface area contributed by atoms with Crippen LogP contribution in [0.15, 0.2) is 0 Å². The van der Waals surface area contributed by atoms with Crippen molar-refractivity contribution in [2.75, 3.05) is 6.61 Å². The highest BCUT2D eigenvalue weighted by atomic mass is 16.4. The maximum atomic E-state index is 9.24. The minimum absolute atomic E-state index is 0.107. The number of aliphatic hydroxyl groups is 5. The van der Waals surface area contributed by atoms with Crippen LogP contribution in [-0.4, -0.2) is 56.6 Å². The van der Waals surface area contributed by atoms with Crippen molar-refractivity contribution in [3.63, 3.8) is 0 Å². The molecule has 2 unspecified atom stereocenters. The van der Waals surface area contributed by atoms with Gasteiger partial charge in [-0.2, -0.15) is 0 Å².